The molecule has 0 aliphatic heterocycles. The van der Waals surface area contributed by atoms with E-state index in [1.807, 2.05) is 0 Å². The van der Waals surface area contributed by atoms with E-state index in [1.165, 1.54) is 6.92 Å². The van der Waals surface area contributed by atoms with Crippen LogP contribution in [0.1, 0.15) is 12.5 Å². The van der Waals surface area contributed by atoms with Gasteiger partial charge in [0.2, 0.25) is 0 Å². The fourth-order valence-electron chi connectivity index (χ4n) is 1.02. The lowest BCUT2D eigenvalue weighted by Crippen LogP contribution is -2.11. The summed E-state index contributed by atoms with van der Waals surface area (Å²) in [5.41, 5.74) is 0.113. The first-order valence-corrected chi connectivity index (χ1v) is 4.23. The lowest BCUT2D eigenvalue weighted by atomic mass is 10.2. The van der Waals surface area contributed by atoms with Gasteiger partial charge in [0.1, 0.15) is 6.07 Å². The first-order valence-electron chi connectivity index (χ1n) is 4.23. The Morgan fingerprint density at radius 1 is 1.47 bits per heavy atom. The van der Waals surface area contributed by atoms with Crippen LogP contribution in [0.5, 0.6) is 5.75 Å². The molecule has 1 N–H and O–H groups in total. The maximum Gasteiger partial charge on any atom is 0.192 e. The van der Waals surface area contributed by atoms with E-state index in [0.717, 1.165) is 12.1 Å². The Morgan fingerprint density at radius 3 is 2.40 bits per heavy atom. The van der Waals surface area contributed by atoms with Gasteiger partial charge >= 0.3 is 0 Å². The Hall–Kier alpha value is -1.67. The zero-order chi connectivity index (χ0) is 11.4. The van der Waals surface area contributed by atoms with Crippen molar-refractivity contribution in [3.8, 4) is 11.8 Å². The predicted molar refractivity (Wildman–Crippen MR) is 48.0 cm³/mol. The van der Waals surface area contributed by atoms with E-state index in [1.54, 1.807) is 6.07 Å². The number of benzene rings is 1. The SMILES string of the molecule is CC(C#N)Oc1c(F)cc(CO)cc1F. The van der Waals surface area contributed by atoms with Gasteiger partial charge in [-0.2, -0.15) is 5.26 Å². The molecule has 0 aromatic heterocycles. The number of aliphatic hydroxyl groups is 1. The van der Waals surface area contributed by atoms with Crippen LogP contribution < -0.4 is 4.74 Å². The van der Waals surface area contributed by atoms with Crippen LogP contribution in [-0.4, -0.2) is 11.2 Å². The number of hydrogen-bond acceptors (Lipinski definition) is 3. The number of nitriles is 1. The Morgan fingerprint density at radius 2 is 2.00 bits per heavy atom. The summed E-state index contributed by atoms with van der Waals surface area (Å²) in [7, 11) is 0. The molecule has 3 nitrogen and oxygen atoms in total. The maximum absolute atomic E-state index is 13.2. The second-order valence-corrected chi connectivity index (χ2v) is 2.94. The zero-order valence-electron chi connectivity index (χ0n) is 8.00. The Bertz CT molecular complexity index is 378. The topological polar surface area (TPSA) is 53.2 Å². The van der Waals surface area contributed by atoms with Gasteiger partial charge < -0.3 is 9.84 Å². The quantitative estimate of drug-likeness (QED) is 0.832. The first kappa shape index (κ1) is 11.4. The van der Waals surface area contributed by atoms with Gasteiger partial charge in [-0.15, -0.1) is 0 Å². The van der Waals surface area contributed by atoms with Gasteiger partial charge in [0.15, 0.2) is 23.5 Å². The highest BCUT2D eigenvalue weighted by atomic mass is 19.1. The molecule has 0 fully saturated rings. The number of rotatable bonds is 3. The predicted octanol–water partition coefficient (Wildman–Crippen LogP) is 1.75. The van der Waals surface area contributed by atoms with E-state index < -0.39 is 30.1 Å². The molecule has 1 atom stereocenters. The molecule has 1 aromatic carbocycles. The van der Waals surface area contributed by atoms with Crippen LogP contribution in [0.4, 0.5) is 8.78 Å². The fraction of sp³-hybridized carbons (Fsp3) is 0.300. The summed E-state index contributed by atoms with van der Waals surface area (Å²) in [5, 5.41) is 17.1. The molecule has 15 heavy (non-hydrogen) atoms. The molecule has 5 heteroatoms. The van der Waals surface area contributed by atoms with Crippen molar-refractivity contribution in [3.05, 3.63) is 29.3 Å². The summed E-state index contributed by atoms with van der Waals surface area (Å²) in [6.07, 6.45) is -0.936. The average Bonchev–Trinajstić information content (AvgIpc) is 2.22. The standard InChI is InChI=1S/C10H9F2NO2/c1-6(4-13)15-10-8(11)2-7(5-14)3-9(10)12/h2-3,6,14H,5H2,1H3. The molecule has 0 saturated heterocycles. The molecule has 0 radical (unpaired) electrons. The molecule has 1 aromatic rings. The summed E-state index contributed by atoms with van der Waals surface area (Å²) < 4.78 is 31.2. The van der Waals surface area contributed by atoms with Crippen molar-refractivity contribution in [2.24, 2.45) is 0 Å². The average molecular weight is 213 g/mol. The Kier molecular flexibility index (Phi) is 3.58. The highest BCUT2D eigenvalue weighted by Crippen LogP contribution is 2.24. The normalized spacial score (nSPS) is 11.9. The van der Waals surface area contributed by atoms with Crippen LogP contribution in [0.25, 0.3) is 0 Å². The third kappa shape index (κ3) is 2.64. The summed E-state index contributed by atoms with van der Waals surface area (Å²) in [4.78, 5) is 0. The molecule has 0 bridgehead atoms. The van der Waals surface area contributed by atoms with Crippen LogP contribution in [-0.2, 0) is 6.61 Å². The number of nitrogens with zero attached hydrogens (tertiary/aromatic N) is 1. The smallest absolute Gasteiger partial charge is 0.192 e. The molecule has 1 rings (SSSR count). The second kappa shape index (κ2) is 4.71. The second-order valence-electron chi connectivity index (χ2n) is 2.94. The maximum atomic E-state index is 13.2. The molecule has 0 amide bonds. The van der Waals surface area contributed by atoms with E-state index in [2.05, 4.69) is 0 Å². The van der Waals surface area contributed by atoms with E-state index >= 15 is 0 Å². The van der Waals surface area contributed by atoms with Crippen molar-refractivity contribution in [3.63, 3.8) is 0 Å². The van der Waals surface area contributed by atoms with Gasteiger partial charge in [-0.25, -0.2) is 8.78 Å². The Balaban J connectivity index is 3.04. The van der Waals surface area contributed by atoms with Crippen molar-refractivity contribution in [1.82, 2.24) is 0 Å². The van der Waals surface area contributed by atoms with Crippen molar-refractivity contribution in [2.45, 2.75) is 19.6 Å². The van der Waals surface area contributed by atoms with Gasteiger partial charge in [-0.3, -0.25) is 0 Å². The lowest BCUT2D eigenvalue weighted by molar-refractivity contribution is 0.246. The summed E-state index contributed by atoms with van der Waals surface area (Å²) in [6, 6.07) is 3.61. The number of aliphatic hydroxyl groups excluding tert-OH is 1. The van der Waals surface area contributed by atoms with Crippen molar-refractivity contribution in [2.75, 3.05) is 0 Å². The van der Waals surface area contributed by atoms with Crippen LogP contribution in [0.2, 0.25) is 0 Å². The summed E-state index contributed by atoms with van der Waals surface area (Å²) in [6.45, 7) is 0.917. The Labute approximate surface area is 85.5 Å². The largest absolute Gasteiger partial charge is 0.470 e. The van der Waals surface area contributed by atoms with Crippen LogP contribution in [0, 0.1) is 23.0 Å². The molecule has 0 spiro atoms. The van der Waals surface area contributed by atoms with Gasteiger partial charge in [0.25, 0.3) is 0 Å². The number of halogens is 2. The summed E-state index contributed by atoms with van der Waals surface area (Å²) >= 11 is 0. The monoisotopic (exact) mass is 213 g/mol. The minimum atomic E-state index is -0.936. The van der Waals surface area contributed by atoms with Gasteiger partial charge in [0, 0.05) is 0 Å². The van der Waals surface area contributed by atoms with E-state index in [0.29, 0.717) is 0 Å². The molecule has 0 heterocycles. The van der Waals surface area contributed by atoms with Crippen molar-refractivity contribution < 1.29 is 18.6 Å². The molecule has 80 valence electrons. The van der Waals surface area contributed by atoms with Gasteiger partial charge in [0.05, 0.1) is 6.61 Å². The highest BCUT2D eigenvalue weighted by Gasteiger charge is 2.14. The van der Waals surface area contributed by atoms with Crippen molar-refractivity contribution >= 4 is 0 Å². The lowest BCUT2D eigenvalue weighted by Gasteiger charge is -2.10. The van der Waals surface area contributed by atoms with E-state index in [-0.39, 0.29) is 5.56 Å². The van der Waals surface area contributed by atoms with Crippen LogP contribution in [0.15, 0.2) is 12.1 Å². The van der Waals surface area contributed by atoms with E-state index in [9.17, 15) is 8.78 Å². The van der Waals surface area contributed by atoms with E-state index in [4.69, 9.17) is 15.1 Å². The molecule has 0 saturated carbocycles. The number of hydrogen-bond donors (Lipinski definition) is 1. The molecular formula is C10H9F2NO2. The number of ether oxygens (including phenoxy) is 1. The highest BCUT2D eigenvalue weighted by molar-refractivity contribution is 5.31. The summed E-state index contributed by atoms with van der Waals surface area (Å²) in [5.74, 6) is -2.46. The molecule has 0 aliphatic carbocycles. The van der Waals surface area contributed by atoms with Gasteiger partial charge in [-0.1, -0.05) is 0 Å². The molecular weight excluding hydrogens is 204 g/mol. The first-order chi connectivity index (χ1) is 7.08. The minimum Gasteiger partial charge on any atom is -0.470 e. The molecule has 0 aliphatic rings. The van der Waals surface area contributed by atoms with Gasteiger partial charge in [-0.05, 0) is 24.6 Å². The van der Waals surface area contributed by atoms with Crippen LogP contribution in [0.3, 0.4) is 0 Å². The molecule has 1 unspecified atom stereocenters. The minimum absolute atomic E-state index is 0.113. The fourth-order valence-corrected chi connectivity index (χ4v) is 1.02. The third-order valence-electron chi connectivity index (χ3n) is 1.72. The van der Waals surface area contributed by atoms with Crippen molar-refractivity contribution in [1.29, 1.82) is 5.26 Å². The van der Waals surface area contributed by atoms with Crippen LogP contribution >= 0.6 is 0 Å². The third-order valence-corrected chi connectivity index (χ3v) is 1.72. The zero-order valence-corrected chi connectivity index (χ0v) is 8.00.